The van der Waals surface area contributed by atoms with Gasteiger partial charge in [-0.25, -0.2) is 4.39 Å². The number of hydrogen-bond donors (Lipinski definition) is 2. The van der Waals surface area contributed by atoms with Gasteiger partial charge in [-0.05, 0) is 53.5 Å². The molecule has 0 aliphatic carbocycles. The lowest BCUT2D eigenvalue weighted by atomic mass is 10.2. The lowest BCUT2D eigenvalue weighted by molar-refractivity contribution is -0.127. The summed E-state index contributed by atoms with van der Waals surface area (Å²) in [6.45, 7) is 4.60. The van der Waals surface area contributed by atoms with Crippen LogP contribution in [0.25, 0.3) is 0 Å². The number of hydrogen-bond acceptors (Lipinski definition) is 3. The molecule has 1 aromatic carbocycles. The highest BCUT2D eigenvalue weighted by Crippen LogP contribution is 2.26. The standard InChI is InChI=1S/C13H18BrFN2O2/c1-8(6-16)7-17-13(18)9(2)19-12-4-3-10(15)5-11(12)14/h3-5,8-9H,6-7,16H2,1-2H3,(H,17,18). The van der Waals surface area contributed by atoms with Crippen LogP contribution in [-0.4, -0.2) is 25.1 Å². The van der Waals surface area contributed by atoms with Gasteiger partial charge in [0.25, 0.3) is 5.91 Å². The van der Waals surface area contributed by atoms with Crippen molar-refractivity contribution in [2.75, 3.05) is 13.1 Å². The zero-order valence-corrected chi connectivity index (χ0v) is 12.5. The predicted molar refractivity (Wildman–Crippen MR) is 75.4 cm³/mol. The van der Waals surface area contributed by atoms with E-state index in [1.54, 1.807) is 6.92 Å². The summed E-state index contributed by atoms with van der Waals surface area (Å²) in [5.74, 6) is 0.0502. The number of rotatable bonds is 6. The molecular weight excluding hydrogens is 315 g/mol. The van der Waals surface area contributed by atoms with E-state index >= 15 is 0 Å². The van der Waals surface area contributed by atoms with Crippen LogP contribution in [0.4, 0.5) is 4.39 Å². The Morgan fingerprint density at radius 3 is 2.79 bits per heavy atom. The highest BCUT2D eigenvalue weighted by molar-refractivity contribution is 9.10. The SMILES string of the molecule is CC(CN)CNC(=O)C(C)Oc1ccc(F)cc1Br. The van der Waals surface area contributed by atoms with Gasteiger partial charge in [-0.2, -0.15) is 0 Å². The Morgan fingerprint density at radius 2 is 2.21 bits per heavy atom. The highest BCUT2D eigenvalue weighted by Gasteiger charge is 2.16. The summed E-state index contributed by atoms with van der Waals surface area (Å²) in [6, 6.07) is 4.05. The van der Waals surface area contributed by atoms with Gasteiger partial charge in [-0.1, -0.05) is 6.92 Å². The van der Waals surface area contributed by atoms with Gasteiger partial charge in [0.15, 0.2) is 6.10 Å². The minimum absolute atomic E-state index is 0.216. The van der Waals surface area contributed by atoms with Crippen molar-refractivity contribution in [1.82, 2.24) is 5.32 Å². The van der Waals surface area contributed by atoms with Gasteiger partial charge in [-0.15, -0.1) is 0 Å². The quantitative estimate of drug-likeness (QED) is 0.838. The molecule has 3 N–H and O–H groups in total. The summed E-state index contributed by atoms with van der Waals surface area (Å²) in [5, 5.41) is 2.75. The number of ether oxygens (including phenoxy) is 1. The Labute approximate surface area is 120 Å². The molecule has 106 valence electrons. The maximum Gasteiger partial charge on any atom is 0.260 e. The normalized spacial score (nSPS) is 13.7. The zero-order chi connectivity index (χ0) is 14.4. The maximum absolute atomic E-state index is 12.9. The summed E-state index contributed by atoms with van der Waals surface area (Å²) in [4.78, 5) is 11.8. The van der Waals surface area contributed by atoms with Crippen LogP contribution in [0.15, 0.2) is 22.7 Å². The maximum atomic E-state index is 12.9. The lowest BCUT2D eigenvalue weighted by Gasteiger charge is -2.17. The first kappa shape index (κ1) is 15.9. The molecule has 1 amide bonds. The highest BCUT2D eigenvalue weighted by atomic mass is 79.9. The van der Waals surface area contributed by atoms with Crippen molar-refractivity contribution in [1.29, 1.82) is 0 Å². The van der Waals surface area contributed by atoms with Crippen molar-refractivity contribution in [3.8, 4) is 5.75 Å². The average molecular weight is 333 g/mol. The summed E-state index contributed by atoms with van der Waals surface area (Å²) < 4.78 is 18.9. The third kappa shape index (κ3) is 5.16. The molecule has 0 aliphatic rings. The summed E-state index contributed by atoms with van der Waals surface area (Å²) in [5.41, 5.74) is 5.47. The number of nitrogens with two attached hydrogens (primary N) is 1. The topological polar surface area (TPSA) is 64.3 Å². The Balaban J connectivity index is 2.54. The number of benzene rings is 1. The van der Waals surface area contributed by atoms with Crippen molar-refractivity contribution in [2.45, 2.75) is 20.0 Å². The zero-order valence-electron chi connectivity index (χ0n) is 11.0. The molecule has 0 heterocycles. The monoisotopic (exact) mass is 332 g/mol. The fourth-order valence-electron chi connectivity index (χ4n) is 1.32. The van der Waals surface area contributed by atoms with Crippen LogP contribution >= 0.6 is 15.9 Å². The van der Waals surface area contributed by atoms with Gasteiger partial charge < -0.3 is 15.8 Å². The van der Waals surface area contributed by atoms with Crippen LogP contribution in [0.2, 0.25) is 0 Å². The van der Waals surface area contributed by atoms with Crippen molar-refractivity contribution >= 4 is 21.8 Å². The Morgan fingerprint density at radius 1 is 1.53 bits per heavy atom. The average Bonchev–Trinajstić information content (AvgIpc) is 2.38. The molecule has 0 aromatic heterocycles. The van der Waals surface area contributed by atoms with Gasteiger partial charge >= 0.3 is 0 Å². The number of carbonyl (C=O) groups is 1. The third-order valence-electron chi connectivity index (χ3n) is 2.59. The van der Waals surface area contributed by atoms with E-state index in [0.29, 0.717) is 23.3 Å². The molecular formula is C13H18BrFN2O2. The summed E-state index contributed by atoms with van der Waals surface area (Å²) >= 11 is 3.18. The molecule has 19 heavy (non-hydrogen) atoms. The summed E-state index contributed by atoms with van der Waals surface area (Å²) in [6.07, 6.45) is -0.660. The molecule has 0 saturated carbocycles. The molecule has 1 aromatic rings. The van der Waals surface area contributed by atoms with E-state index in [4.69, 9.17) is 10.5 Å². The first-order valence-electron chi connectivity index (χ1n) is 6.03. The molecule has 2 unspecified atom stereocenters. The fraction of sp³-hybridized carbons (Fsp3) is 0.462. The fourth-order valence-corrected chi connectivity index (χ4v) is 1.76. The van der Waals surface area contributed by atoms with Crippen LogP contribution in [0, 0.1) is 11.7 Å². The van der Waals surface area contributed by atoms with E-state index in [-0.39, 0.29) is 17.6 Å². The minimum atomic E-state index is -0.660. The molecule has 0 aliphatic heterocycles. The lowest BCUT2D eigenvalue weighted by Crippen LogP contribution is -2.39. The molecule has 0 radical (unpaired) electrons. The first-order valence-corrected chi connectivity index (χ1v) is 6.82. The number of carbonyl (C=O) groups excluding carboxylic acids is 1. The largest absolute Gasteiger partial charge is 0.480 e. The smallest absolute Gasteiger partial charge is 0.260 e. The summed E-state index contributed by atoms with van der Waals surface area (Å²) in [7, 11) is 0. The van der Waals surface area contributed by atoms with E-state index in [9.17, 15) is 9.18 Å². The van der Waals surface area contributed by atoms with E-state index in [1.807, 2.05) is 6.92 Å². The van der Waals surface area contributed by atoms with E-state index < -0.39 is 6.10 Å². The Hall–Kier alpha value is -1.14. The van der Waals surface area contributed by atoms with Crippen molar-refractivity contribution in [2.24, 2.45) is 11.7 Å². The molecule has 1 rings (SSSR count). The number of halogens is 2. The molecule has 0 saturated heterocycles. The second kappa shape index (κ2) is 7.45. The molecule has 0 spiro atoms. The van der Waals surface area contributed by atoms with Gasteiger partial charge in [0.05, 0.1) is 4.47 Å². The molecule has 0 fully saturated rings. The van der Waals surface area contributed by atoms with E-state index in [1.165, 1.54) is 18.2 Å². The van der Waals surface area contributed by atoms with Crippen molar-refractivity contribution in [3.63, 3.8) is 0 Å². The molecule has 4 nitrogen and oxygen atoms in total. The van der Waals surface area contributed by atoms with Gasteiger partial charge in [0.1, 0.15) is 11.6 Å². The van der Waals surface area contributed by atoms with E-state index in [0.717, 1.165) is 0 Å². The van der Waals surface area contributed by atoms with Crippen LogP contribution in [0.1, 0.15) is 13.8 Å². The Bertz CT molecular complexity index is 443. The van der Waals surface area contributed by atoms with Crippen LogP contribution in [0.3, 0.4) is 0 Å². The van der Waals surface area contributed by atoms with Crippen molar-refractivity contribution < 1.29 is 13.9 Å². The Kier molecular flexibility index (Phi) is 6.24. The van der Waals surface area contributed by atoms with Crippen LogP contribution in [-0.2, 0) is 4.79 Å². The third-order valence-corrected chi connectivity index (χ3v) is 3.21. The van der Waals surface area contributed by atoms with Gasteiger partial charge in [-0.3, -0.25) is 4.79 Å². The van der Waals surface area contributed by atoms with Crippen LogP contribution in [0.5, 0.6) is 5.75 Å². The minimum Gasteiger partial charge on any atom is -0.480 e. The second-order valence-corrected chi connectivity index (χ2v) is 5.28. The number of amides is 1. The van der Waals surface area contributed by atoms with Gasteiger partial charge in [0, 0.05) is 6.54 Å². The first-order chi connectivity index (χ1) is 8.93. The van der Waals surface area contributed by atoms with Gasteiger partial charge in [0.2, 0.25) is 0 Å². The molecule has 0 bridgehead atoms. The number of nitrogens with one attached hydrogen (secondary N) is 1. The van der Waals surface area contributed by atoms with Crippen LogP contribution < -0.4 is 15.8 Å². The van der Waals surface area contributed by atoms with Crippen molar-refractivity contribution in [3.05, 3.63) is 28.5 Å². The predicted octanol–water partition coefficient (Wildman–Crippen LogP) is 2.07. The second-order valence-electron chi connectivity index (χ2n) is 4.42. The van der Waals surface area contributed by atoms with E-state index in [2.05, 4.69) is 21.2 Å². The molecule has 6 heteroatoms. The molecule has 2 atom stereocenters.